The predicted octanol–water partition coefficient (Wildman–Crippen LogP) is 5.26. The third kappa shape index (κ3) is 8.37. The van der Waals surface area contributed by atoms with Crippen molar-refractivity contribution in [1.82, 2.24) is 0 Å². The number of hydrogen-bond donors (Lipinski definition) is 1. The van der Waals surface area contributed by atoms with E-state index in [1.165, 1.54) is 38.5 Å². The molecule has 6 nitrogen and oxygen atoms in total. The van der Waals surface area contributed by atoms with Crippen molar-refractivity contribution in [3.8, 4) is 0 Å². The van der Waals surface area contributed by atoms with E-state index in [1.54, 1.807) is 13.3 Å². The molecule has 0 aliphatic carbocycles. The third-order valence-corrected chi connectivity index (χ3v) is 15.2. The zero-order valence-electron chi connectivity index (χ0n) is 20.9. The van der Waals surface area contributed by atoms with Gasteiger partial charge in [0.2, 0.25) is 0 Å². The topological polar surface area (TPSA) is 66.4 Å². The molecule has 0 aromatic carbocycles. The van der Waals surface area contributed by atoms with Crippen molar-refractivity contribution in [2.45, 2.75) is 143 Å². The monoisotopic (exact) mass is 551 g/mol. The van der Waals surface area contributed by atoms with Gasteiger partial charge in [-0.25, -0.2) is 0 Å². The van der Waals surface area contributed by atoms with Gasteiger partial charge in [0.1, 0.15) is 24.4 Å². The molecule has 183 valence electrons. The van der Waals surface area contributed by atoms with E-state index in [4.69, 9.17) is 23.7 Å². The summed E-state index contributed by atoms with van der Waals surface area (Å²) in [6, 6.07) is 0. The maximum absolute atomic E-state index is 9.40. The Morgan fingerprint density at radius 2 is 1.13 bits per heavy atom. The van der Waals surface area contributed by atoms with Gasteiger partial charge >= 0.3 is 92.4 Å². The fourth-order valence-corrected chi connectivity index (χ4v) is 13.9. The summed E-state index contributed by atoms with van der Waals surface area (Å²) in [5.74, 6) is -1.41. The van der Waals surface area contributed by atoms with Crippen molar-refractivity contribution in [1.29, 1.82) is 0 Å². The summed E-state index contributed by atoms with van der Waals surface area (Å²) in [5, 5.41) is 9.40. The molecule has 3 rings (SSSR count). The molecule has 0 saturated carbocycles. The van der Waals surface area contributed by atoms with Crippen LogP contribution < -0.4 is 0 Å². The molecule has 0 unspecified atom stereocenters. The van der Waals surface area contributed by atoms with Crippen LogP contribution in [0.3, 0.4) is 0 Å². The molecule has 0 amide bonds. The average Bonchev–Trinajstić information content (AvgIpc) is 3.21. The van der Waals surface area contributed by atoms with Crippen LogP contribution in [0.25, 0.3) is 0 Å². The first kappa shape index (κ1) is 27.8. The molecule has 1 N–H and O–H groups in total. The molecule has 31 heavy (non-hydrogen) atoms. The molecule has 0 spiro atoms. The minimum atomic E-state index is -0.839. The van der Waals surface area contributed by atoms with Gasteiger partial charge in [-0.2, -0.15) is 0 Å². The maximum atomic E-state index is 9.40. The molecule has 3 aliphatic rings. The van der Waals surface area contributed by atoms with Gasteiger partial charge in [-0.1, -0.05) is 0 Å². The Labute approximate surface area is 197 Å². The summed E-state index contributed by atoms with van der Waals surface area (Å²) in [6.45, 7) is 14.2. The van der Waals surface area contributed by atoms with Crippen LogP contribution >= 0.6 is 0 Å². The summed E-state index contributed by atoms with van der Waals surface area (Å²) in [5.41, 5.74) is 0. The Balaban J connectivity index is 0.000000235. The molecule has 3 heterocycles. The van der Waals surface area contributed by atoms with Gasteiger partial charge in [-0.15, -0.1) is 0 Å². The Kier molecular flexibility index (Phi) is 11.5. The van der Waals surface area contributed by atoms with Crippen molar-refractivity contribution < 1.29 is 28.8 Å². The van der Waals surface area contributed by atoms with Crippen molar-refractivity contribution in [3.63, 3.8) is 0 Å². The molecule has 0 aromatic heterocycles. The van der Waals surface area contributed by atoms with Gasteiger partial charge in [0.05, 0.1) is 6.61 Å². The average molecular weight is 550 g/mol. The molecule has 3 saturated heterocycles. The van der Waals surface area contributed by atoms with E-state index in [2.05, 4.69) is 20.8 Å². The van der Waals surface area contributed by atoms with Crippen LogP contribution in [0.15, 0.2) is 0 Å². The van der Waals surface area contributed by atoms with Gasteiger partial charge in [0, 0.05) is 0 Å². The molecular weight excluding hydrogens is 503 g/mol. The van der Waals surface area contributed by atoms with Crippen LogP contribution in [0.2, 0.25) is 13.3 Å². The van der Waals surface area contributed by atoms with E-state index in [0.29, 0.717) is 0 Å². The summed E-state index contributed by atoms with van der Waals surface area (Å²) >= 11 is -0.839. The molecule has 5 atom stereocenters. The molecule has 1 radical (unpaired) electrons. The van der Waals surface area contributed by atoms with Gasteiger partial charge in [-0.05, 0) is 27.7 Å². The molecule has 3 fully saturated rings. The van der Waals surface area contributed by atoms with E-state index in [-0.39, 0.29) is 24.9 Å². The van der Waals surface area contributed by atoms with Gasteiger partial charge < -0.3 is 28.8 Å². The van der Waals surface area contributed by atoms with Crippen molar-refractivity contribution >= 4 is 19.8 Å². The first-order valence-electron chi connectivity index (χ1n) is 12.5. The van der Waals surface area contributed by atoms with E-state index in [9.17, 15) is 5.11 Å². The van der Waals surface area contributed by atoms with E-state index < -0.39 is 43.7 Å². The predicted molar refractivity (Wildman–Crippen MR) is 125 cm³/mol. The zero-order chi connectivity index (χ0) is 23.1. The number of hydrogen-bond acceptors (Lipinski definition) is 6. The fraction of sp³-hybridized carbons (Fsp3) is 1.00. The number of unbranched alkanes of at least 4 members (excludes halogenated alkanes) is 3. The molecular formula is C24H47O6Sn. The second-order valence-electron chi connectivity index (χ2n) is 9.95. The van der Waals surface area contributed by atoms with Gasteiger partial charge in [0.25, 0.3) is 0 Å². The number of ether oxygens (including phenoxy) is 5. The van der Waals surface area contributed by atoms with Crippen LogP contribution in [0.1, 0.15) is 87.0 Å². The van der Waals surface area contributed by atoms with Gasteiger partial charge in [-0.3, -0.25) is 0 Å². The second-order valence-corrected chi connectivity index (χ2v) is 18.5. The number of aliphatic hydroxyl groups excluding tert-OH is 1. The van der Waals surface area contributed by atoms with Crippen LogP contribution in [0.5, 0.6) is 0 Å². The number of fused-ring (bicyclic) bond motifs is 3. The summed E-state index contributed by atoms with van der Waals surface area (Å²) in [7, 11) is 0. The van der Waals surface area contributed by atoms with E-state index in [0.717, 1.165) is 0 Å². The first-order valence-corrected chi connectivity index (χ1v) is 18.5. The molecule has 0 bridgehead atoms. The Morgan fingerprint density at radius 1 is 0.677 bits per heavy atom. The summed E-state index contributed by atoms with van der Waals surface area (Å²) in [4.78, 5) is 0. The number of rotatable bonds is 10. The van der Waals surface area contributed by atoms with Crippen molar-refractivity contribution in [2.24, 2.45) is 0 Å². The van der Waals surface area contributed by atoms with Crippen LogP contribution in [0.4, 0.5) is 0 Å². The zero-order valence-corrected chi connectivity index (χ0v) is 23.8. The second kappa shape index (κ2) is 12.9. The van der Waals surface area contributed by atoms with Crippen LogP contribution in [0, 0.1) is 0 Å². The van der Waals surface area contributed by atoms with Crippen LogP contribution in [-0.4, -0.2) is 73.8 Å². The Morgan fingerprint density at radius 3 is 1.61 bits per heavy atom. The van der Waals surface area contributed by atoms with Crippen molar-refractivity contribution in [2.75, 3.05) is 6.61 Å². The normalized spacial score (nSPS) is 33.0. The SMILES string of the molecule is CC1(C)O[C@H]2[C@@H](O1)[C@@H](CO)O[C@@H]1OC(C)(C)O[C@@H]12.CCC[CH2][Sn]([CH2]CCC)[CH2]CCC. The molecule has 7 heteroatoms. The third-order valence-electron chi connectivity index (χ3n) is 6.08. The Hall–Kier alpha value is 0.559. The Bertz CT molecular complexity index is 495. The minimum absolute atomic E-state index is 0.131. The molecule has 0 aromatic rings. The summed E-state index contributed by atoms with van der Waals surface area (Å²) in [6.07, 6.45) is 6.95. The van der Waals surface area contributed by atoms with Crippen LogP contribution in [-0.2, 0) is 23.7 Å². The summed E-state index contributed by atoms with van der Waals surface area (Å²) < 4.78 is 33.9. The fourth-order valence-electron chi connectivity index (χ4n) is 4.50. The van der Waals surface area contributed by atoms with Crippen molar-refractivity contribution in [3.05, 3.63) is 0 Å². The van der Waals surface area contributed by atoms with Gasteiger partial charge in [0.15, 0.2) is 17.9 Å². The van der Waals surface area contributed by atoms with E-state index >= 15 is 0 Å². The first-order chi connectivity index (χ1) is 14.7. The molecule has 3 aliphatic heterocycles. The standard InChI is InChI=1S/C12H20O6.3C4H9.Sn/c1-11(2)15-7-6(5-13)14-10-9(8(7)16-11)17-12(3,4)18-10;3*1-3-4-2;/h6-10,13H,5H2,1-4H3;3*1,3-4H2,2H3;/t6-,7+,8+,9-,10-;;;;/m1..../s1. The van der Waals surface area contributed by atoms with E-state index in [1.807, 2.05) is 27.7 Å². The quantitative estimate of drug-likeness (QED) is 0.375. The number of aliphatic hydroxyl groups is 1.